The zero-order chi connectivity index (χ0) is 12.4. The Morgan fingerprint density at radius 3 is 2.76 bits per heavy atom. The molecule has 0 bridgehead atoms. The number of hydrogen-bond acceptors (Lipinski definition) is 1. The second-order valence-electron chi connectivity index (χ2n) is 3.63. The lowest BCUT2D eigenvalue weighted by Crippen LogP contribution is -2.28. The van der Waals surface area contributed by atoms with Gasteiger partial charge in [0.2, 0.25) is 0 Å². The molecule has 0 N–H and O–H groups in total. The zero-order valence-corrected chi connectivity index (χ0v) is 9.87. The van der Waals surface area contributed by atoms with Crippen molar-refractivity contribution in [3.63, 3.8) is 0 Å². The summed E-state index contributed by atoms with van der Waals surface area (Å²) in [5.41, 5.74) is 1.42. The molecule has 1 aromatic carbocycles. The molecule has 1 aromatic heterocycles. The Balaban J connectivity index is 2.59. The Kier molecular flexibility index (Phi) is 3.08. The number of nitrogens with zero attached hydrogens (tertiary/aromatic N) is 2. The Morgan fingerprint density at radius 2 is 2.12 bits per heavy atom. The molecular weight excluding hydrogens is 239 g/mol. The van der Waals surface area contributed by atoms with Gasteiger partial charge in [-0.05, 0) is 35.4 Å². The van der Waals surface area contributed by atoms with E-state index in [0.29, 0.717) is 10.7 Å². The van der Waals surface area contributed by atoms with Crippen LogP contribution < -0.4 is 4.57 Å². The SMILES string of the molecule is C[n+]1cccc(-c2ccc(C#N)c(F)c2)c1Cl. The minimum atomic E-state index is -0.535. The van der Waals surface area contributed by atoms with Gasteiger partial charge in [0.15, 0.2) is 6.20 Å². The van der Waals surface area contributed by atoms with Gasteiger partial charge in [0.25, 0.3) is 5.15 Å². The topological polar surface area (TPSA) is 27.7 Å². The van der Waals surface area contributed by atoms with Gasteiger partial charge < -0.3 is 0 Å². The molecule has 2 nitrogen and oxygen atoms in total. The number of hydrogen-bond donors (Lipinski definition) is 0. The largest absolute Gasteiger partial charge is 0.282 e. The monoisotopic (exact) mass is 247 g/mol. The molecule has 0 radical (unpaired) electrons. The molecule has 1 heterocycles. The zero-order valence-electron chi connectivity index (χ0n) is 9.11. The van der Waals surface area contributed by atoms with Gasteiger partial charge in [-0.2, -0.15) is 9.83 Å². The van der Waals surface area contributed by atoms with Crippen molar-refractivity contribution >= 4 is 11.6 Å². The Hall–Kier alpha value is -1.92. The number of aromatic nitrogens is 1. The predicted octanol–water partition coefficient (Wildman–Crippen LogP) is 2.84. The van der Waals surface area contributed by atoms with Gasteiger partial charge in [-0.25, -0.2) is 4.39 Å². The van der Waals surface area contributed by atoms with Crippen molar-refractivity contribution in [1.82, 2.24) is 0 Å². The van der Waals surface area contributed by atoms with Crippen molar-refractivity contribution in [2.75, 3.05) is 0 Å². The van der Waals surface area contributed by atoms with Crippen LogP contribution in [0.1, 0.15) is 5.56 Å². The van der Waals surface area contributed by atoms with Crippen LogP contribution in [0, 0.1) is 17.1 Å². The lowest BCUT2D eigenvalue weighted by molar-refractivity contribution is -0.668. The fourth-order valence-electron chi connectivity index (χ4n) is 1.58. The van der Waals surface area contributed by atoms with Gasteiger partial charge >= 0.3 is 0 Å². The van der Waals surface area contributed by atoms with Gasteiger partial charge in [0, 0.05) is 6.07 Å². The summed E-state index contributed by atoms with van der Waals surface area (Å²) in [5.74, 6) is -0.535. The van der Waals surface area contributed by atoms with Gasteiger partial charge in [-0.1, -0.05) is 6.07 Å². The summed E-state index contributed by atoms with van der Waals surface area (Å²) >= 11 is 6.13. The lowest BCUT2D eigenvalue weighted by atomic mass is 10.1. The van der Waals surface area contributed by atoms with E-state index < -0.39 is 5.82 Å². The highest BCUT2D eigenvalue weighted by Crippen LogP contribution is 2.26. The van der Waals surface area contributed by atoms with E-state index in [9.17, 15) is 4.39 Å². The molecule has 0 aliphatic carbocycles. The first kappa shape index (κ1) is 11.6. The highest BCUT2D eigenvalue weighted by Gasteiger charge is 2.13. The van der Waals surface area contributed by atoms with Crippen molar-refractivity contribution < 1.29 is 8.96 Å². The van der Waals surface area contributed by atoms with Crippen LogP contribution in [-0.4, -0.2) is 0 Å². The second-order valence-corrected chi connectivity index (χ2v) is 3.99. The van der Waals surface area contributed by atoms with Crippen molar-refractivity contribution in [1.29, 1.82) is 5.26 Å². The average Bonchev–Trinajstić information content (AvgIpc) is 2.32. The molecule has 2 rings (SSSR count). The molecule has 0 spiro atoms. The summed E-state index contributed by atoms with van der Waals surface area (Å²) in [7, 11) is 1.81. The minimum absolute atomic E-state index is 0.0326. The van der Waals surface area contributed by atoms with Crippen molar-refractivity contribution in [2.45, 2.75) is 0 Å². The van der Waals surface area contributed by atoms with E-state index in [1.165, 1.54) is 12.1 Å². The summed E-state index contributed by atoms with van der Waals surface area (Å²) in [4.78, 5) is 0. The molecule has 0 aliphatic heterocycles. The fourth-order valence-corrected chi connectivity index (χ4v) is 1.81. The minimum Gasteiger partial charge on any atom is -0.206 e. The maximum atomic E-state index is 13.5. The number of aryl methyl sites for hydroxylation is 1. The molecular formula is C13H9ClFN2+. The van der Waals surface area contributed by atoms with Gasteiger partial charge in [-0.3, -0.25) is 0 Å². The molecule has 4 heteroatoms. The summed E-state index contributed by atoms with van der Waals surface area (Å²) < 4.78 is 15.2. The van der Waals surface area contributed by atoms with Crippen LogP contribution in [0.25, 0.3) is 11.1 Å². The highest BCUT2D eigenvalue weighted by atomic mass is 35.5. The van der Waals surface area contributed by atoms with Crippen LogP contribution in [0.15, 0.2) is 36.5 Å². The van der Waals surface area contributed by atoms with Gasteiger partial charge in [-0.15, -0.1) is 0 Å². The van der Waals surface area contributed by atoms with Crippen molar-refractivity contribution in [3.8, 4) is 17.2 Å². The molecule has 0 unspecified atom stereocenters. The van der Waals surface area contributed by atoms with Crippen molar-refractivity contribution in [2.24, 2.45) is 7.05 Å². The van der Waals surface area contributed by atoms with Crippen LogP contribution in [0.2, 0.25) is 5.15 Å². The molecule has 0 aliphatic rings. The van der Waals surface area contributed by atoms with E-state index in [0.717, 1.165) is 5.56 Å². The standard InChI is InChI=1S/C13H9ClFN2/c1-17-6-2-3-11(13(17)14)9-4-5-10(8-16)12(15)7-9/h2-7H,1H3/q+1. The molecule has 0 saturated carbocycles. The first-order valence-corrected chi connectivity index (χ1v) is 5.35. The Morgan fingerprint density at radius 1 is 1.35 bits per heavy atom. The number of pyridine rings is 1. The molecule has 84 valence electrons. The summed E-state index contributed by atoms with van der Waals surface area (Å²) in [6.45, 7) is 0. The number of halogens is 2. The molecule has 0 saturated heterocycles. The van der Waals surface area contributed by atoms with E-state index in [1.807, 2.05) is 25.4 Å². The van der Waals surface area contributed by atoms with Crippen LogP contribution in [0.3, 0.4) is 0 Å². The van der Waals surface area contributed by atoms with E-state index in [2.05, 4.69) is 0 Å². The average molecular weight is 248 g/mol. The quantitative estimate of drug-likeness (QED) is 0.563. The predicted molar refractivity (Wildman–Crippen MR) is 62.7 cm³/mol. The number of benzene rings is 1. The van der Waals surface area contributed by atoms with E-state index in [-0.39, 0.29) is 5.56 Å². The van der Waals surface area contributed by atoms with Crippen LogP contribution in [-0.2, 0) is 7.05 Å². The normalized spacial score (nSPS) is 10.0. The highest BCUT2D eigenvalue weighted by molar-refractivity contribution is 6.31. The first-order chi connectivity index (χ1) is 8.13. The van der Waals surface area contributed by atoms with E-state index in [4.69, 9.17) is 16.9 Å². The van der Waals surface area contributed by atoms with Crippen LogP contribution in [0.4, 0.5) is 4.39 Å². The third kappa shape index (κ3) is 2.13. The summed E-state index contributed by atoms with van der Waals surface area (Å²) in [6.07, 6.45) is 1.81. The van der Waals surface area contributed by atoms with Crippen LogP contribution >= 0.6 is 11.6 Å². The number of nitriles is 1. The Bertz CT molecular complexity index is 617. The second kappa shape index (κ2) is 4.52. The third-order valence-corrected chi connectivity index (χ3v) is 2.98. The van der Waals surface area contributed by atoms with E-state index >= 15 is 0 Å². The molecule has 0 atom stereocenters. The maximum absolute atomic E-state index is 13.5. The third-order valence-electron chi connectivity index (χ3n) is 2.51. The molecule has 17 heavy (non-hydrogen) atoms. The Labute approximate surface area is 104 Å². The summed E-state index contributed by atoms with van der Waals surface area (Å²) in [5, 5.41) is 9.18. The molecule has 2 aromatic rings. The lowest BCUT2D eigenvalue weighted by Gasteiger charge is -2.03. The fraction of sp³-hybridized carbons (Fsp3) is 0.0769. The molecule has 0 fully saturated rings. The van der Waals surface area contributed by atoms with Gasteiger partial charge in [0.1, 0.15) is 18.9 Å². The van der Waals surface area contributed by atoms with E-state index in [1.54, 1.807) is 16.7 Å². The number of rotatable bonds is 1. The summed E-state index contributed by atoms with van der Waals surface area (Å²) in [6, 6.07) is 9.88. The first-order valence-electron chi connectivity index (χ1n) is 4.97. The van der Waals surface area contributed by atoms with Crippen LogP contribution in [0.5, 0.6) is 0 Å². The van der Waals surface area contributed by atoms with Crippen molar-refractivity contribution in [3.05, 3.63) is 53.1 Å². The smallest absolute Gasteiger partial charge is 0.206 e. The molecule has 0 amide bonds. The van der Waals surface area contributed by atoms with Gasteiger partial charge in [0.05, 0.1) is 11.1 Å². The maximum Gasteiger partial charge on any atom is 0.282 e.